The van der Waals surface area contributed by atoms with Crippen molar-refractivity contribution in [2.45, 2.75) is 25.4 Å². The Morgan fingerprint density at radius 1 is 1.32 bits per heavy atom. The number of benzene rings is 1. The third-order valence-electron chi connectivity index (χ3n) is 3.42. The number of hydrogen-bond donors (Lipinski definition) is 4. The lowest BCUT2D eigenvalue weighted by Crippen LogP contribution is -2.46. The highest BCUT2D eigenvalue weighted by Crippen LogP contribution is 2.36. The molecule has 0 aromatic heterocycles. The van der Waals surface area contributed by atoms with Crippen molar-refractivity contribution < 1.29 is 20.1 Å². The minimum atomic E-state index is -0.504. The second-order valence-corrected chi connectivity index (χ2v) is 4.83. The fourth-order valence-electron chi connectivity index (χ4n) is 2.19. The molecule has 0 spiro atoms. The van der Waals surface area contributed by atoms with Gasteiger partial charge in [-0.1, -0.05) is 6.07 Å². The van der Waals surface area contributed by atoms with Crippen LogP contribution in [-0.4, -0.2) is 45.8 Å². The van der Waals surface area contributed by atoms with E-state index in [1.807, 2.05) is 0 Å². The van der Waals surface area contributed by atoms with E-state index < -0.39 is 5.75 Å². The monoisotopic (exact) mass is 266 g/mol. The molecule has 2 rings (SSSR count). The zero-order chi connectivity index (χ0) is 14.0. The Morgan fingerprint density at radius 3 is 2.74 bits per heavy atom. The molecule has 1 amide bonds. The Morgan fingerprint density at radius 2 is 2.05 bits per heavy atom. The van der Waals surface area contributed by atoms with Crippen LogP contribution in [0, 0.1) is 0 Å². The second-order valence-electron chi connectivity index (χ2n) is 4.83. The number of amides is 1. The molecular formula is C13H18N2O4. The second kappa shape index (κ2) is 5.36. The fourth-order valence-corrected chi connectivity index (χ4v) is 2.19. The maximum atomic E-state index is 11.3. The molecule has 0 radical (unpaired) electrons. The number of hydrogen-bond acceptors (Lipinski definition) is 5. The van der Waals surface area contributed by atoms with E-state index in [1.54, 1.807) is 18.0 Å². The lowest BCUT2D eigenvalue weighted by atomic mass is 10.0. The molecule has 0 aliphatic carbocycles. The maximum absolute atomic E-state index is 11.3. The summed E-state index contributed by atoms with van der Waals surface area (Å²) < 4.78 is 0. The lowest BCUT2D eigenvalue weighted by Gasteiger charge is -2.30. The van der Waals surface area contributed by atoms with Crippen molar-refractivity contribution in [1.29, 1.82) is 0 Å². The predicted octanol–water partition coefficient (Wildman–Crippen LogP) is 0.514. The topological polar surface area (TPSA) is 93.0 Å². The van der Waals surface area contributed by atoms with Crippen LogP contribution in [0.1, 0.15) is 18.4 Å². The van der Waals surface area contributed by atoms with Gasteiger partial charge in [-0.15, -0.1) is 0 Å². The normalized spacial score (nSPS) is 19.7. The van der Waals surface area contributed by atoms with Crippen LogP contribution in [-0.2, 0) is 11.3 Å². The van der Waals surface area contributed by atoms with Gasteiger partial charge in [0.15, 0.2) is 11.5 Å². The summed E-state index contributed by atoms with van der Waals surface area (Å²) in [6, 6.07) is 3.05. The summed E-state index contributed by atoms with van der Waals surface area (Å²) in [5.74, 6) is -1.02. The minimum absolute atomic E-state index is 0.142. The van der Waals surface area contributed by atoms with Crippen LogP contribution < -0.4 is 5.32 Å². The first-order valence-electron chi connectivity index (χ1n) is 6.19. The molecule has 1 aromatic rings. The van der Waals surface area contributed by atoms with Crippen LogP contribution in [0.15, 0.2) is 12.1 Å². The van der Waals surface area contributed by atoms with Gasteiger partial charge in [-0.05, 0) is 12.5 Å². The van der Waals surface area contributed by atoms with Crippen LogP contribution in [0.5, 0.6) is 17.2 Å². The van der Waals surface area contributed by atoms with Crippen LogP contribution in [0.25, 0.3) is 0 Å². The summed E-state index contributed by atoms with van der Waals surface area (Å²) in [5, 5.41) is 31.6. The third kappa shape index (κ3) is 2.90. The molecule has 19 heavy (non-hydrogen) atoms. The molecule has 1 heterocycles. The number of phenolic OH excluding ortho intramolecular Hbond substituents is 3. The van der Waals surface area contributed by atoms with Crippen molar-refractivity contribution >= 4 is 5.91 Å². The molecule has 1 fully saturated rings. The summed E-state index contributed by atoms with van der Waals surface area (Å²) in [5.41, 5.74) is 0.509. The van der Waals surface area contributed by atoms with E-state index in [0.29, 0.717) is 25.1 Å². The highest BCUT2D eigenvalue weighted by molar-refractivity contribution is 5.76. The van der Waals surface area contributed by atoms with Crippen molar-refractivity contribution in [3.8, 4) is 17.2 Å². The van der Waals surface area contributed by atoms with Gasteiger partial charge in [-0.2, -0.15) is 0 Å². The number of likely N-dealkylation sites (N-methyl/N-ethyl adjacent to an activating group) is 1. The quantitative estimate of drug-likeness (QED) is 0.598. The van der Waals surface area contributed by atoms with E-state index >= 15 is 0 Å². The molecule has 1 aromatic carbocycles. The number of carbonyl (C=O) groups is 1. The Labute approximate surface area is 111 Å². The molecule has 0 saturated carbocycles. The average molecular weight is 266 g/mol. The maximum Gasteiger partial charge on any atom is 0.222 e. The first-order valence-corrected chi connectivity index (χ1v) is 6.19. The van der Waals surface area contributed by atoms with Crippen LogP contribution in [0.3, 0.4) is 0 Å². The van der Waals surface area contributed by atoms with Gasteiger partial charge in [0, 0.05) is 38.2 Å². The molecule has 6 nitrogen and oxygen atoms in total. The van der Waals surface area contributed by atoms with E-state index in [1.165, 1.54) is 6.07 Å². The molecule has 1 saturated heterocycles. The van der Waals surface area contributed by atoms with E-state index in [9.17, 15) is 20.1 Å². The van der Waals surface area contributed by atoms with Crippen molar-refractivity contribution in [3.63, 3.8) is 0 Å². The first-order chi connectivity index (χ1) is 8.99. The van der Waals surface area contributed by atoms with Gasteiger partial charge in [-0.25, -0.2) is 0 Å². The van der Waals surface area contributed by atoms with Crippen LogP contribution in [0.4, 0.5) is 0 Å². The summed E-state index contributed by atoms with van der Waals surface area (Å²) in [6.07, 6.45) is 1.27. The van der Waals surface area contributed by atoms with Crippen molar-refractivity contribution in [3.05, 3.63) is 17.7 Å². The van der Waals surface area contributed by atoms with Crippen molar-refractivity contribution in [2.75, 3.05) is 13.6 Å². The van der Waals surface area contributed by atoms with Crippen LogP contribution >= 0.6 is 0 Å². The minimum Gasteiger partial charge on any atom is -0.504 e. The largest absolute Gasteiger partial charge is 0.504 e. The SMILES string of the molecule is CN1CC(NCc2ccc(O)c(O)c2O)CCC1=O. The Hall–Kier alpha value is -1.95. The molecule has 4 N–H and O–H groups in total. The van der Waals surface area contributed by atoms with Gasteiger partial charge in [0.05, 0.1) is 0 Å². The highest BCUT2D eigenvalue weighted by atomic mass is 16.3. The number of rotatable bonds is 3. The van der Waals surface area contributed by atoms with E-state index in [4.69, 9.17) is 0 Å². The van der Waals surface area contributed by atoms with E-state index in [2.05, 4.69) is 5.32 Å². The number of aromatic hydroxyl groups is 3. The standard InChI is InChI=1S/C13H18N2O4/c1-15-7-9(3-5-11(15)17)14-6-8-2-4-10(16)13(19)12(8)18/h2,4,9,14,16,18-19H,3,5-7H2,1H3. The number of nitrogens with zero attached hydrogens (tertiary/aromatic N) is 1. The molecular weight excluding hydrogens is 248 g/mol. The Bertz CT molecular complexity index is 490. The average Bonchev–Trinajstić information content (AvgIpc) is 2.39. The smallest absolute Gasteiger partial charge is 0.222 e. The Balaban J connectivity index is 1.96. The van der Waals surface area contributed by atoms with Crippen molar-refractivity contribution in [2.24, 2.45) is 0 Å². The molecule has 6 heteroatoms. The molecule has 1 aliphatic heterocycles. The van der Waals surface area contributed by atoms with Gasteiger partial charge < -0.3 is 25.5 Å². The van der Waals surface area contributed by atoms with E-state index in [-0.39, 0.29) is 23.4 Å². The lowest BCUT2D eigenvalue weighted by molar-refractivity contribution is -0.132. The summed E-state index contributed by atoms with van der Waals surface area (Å²) in [4.78, 5) is 13.0. The van der Waals surface area contributed by atoms with Crippen LogP contribution in [0.2, 0.25) is 0 Å². The zero-order valence-electron chi connectivity index (χ0n) is 10.8. The predicted molar refractivity (Wildman–Crippen MR) is 68.9 cm³/mol. The number of piperidine rings is 1. The Kier molecular flexibility index (Phi) is 3.80. The van der Waals surface area contributed by atoms with E-state index in [0.717, 1.165) is 6.42 Å². The first kappa shape index (κ1) is 13.5. The molecule has 104 valence electrons. The summed E-state index contributed by atoms with van der Waals surface area (Å²) >= 11 is 0. The van der Waals surface area contributed by atoms with Gasteiger partial charge in [-0.3, -0.25) is 4.79 Å². The molecule has 1 aliphatic rings. The molecule has 1 atom stereocenters. The van der Waals surface area contributed by atoms with Gasteiger partial charge in [0.2, 0.25) is 11.7 Å². The van der Waals surface area contributed by atoms with Gasteiger partial charge in [0.1, 0.15) is 0 Å². The van der Waals surface area contributed by atoms with Gasteiger partial charge in [0.25, 0.3) is 0 Å². The number of nitrogens with one attached hydrogen (secondary N) is 1. The molecule has 0 bridgehead atoms. The van der Waals surface area contributed by atoms with Crippen molar-refractivity contribution in [1.82, 2.24) is 10.2 Å². The number of likely N-dealkylation sites (tertiary alicyclic amines) is 1. The summed E-state index contributed by atoms with van der Waals surface area (Å²) in [6.45, 7) is 0.996. The van der Waals surface area contributed by atoms with Gasteiger partial charge >= 0.3 is 0 Å². The molecule has 1 unspecified atom stereocenters. The number of carbonyl (C=O) groups excluding carboxylic acids is 1. The highest BCUT2D eigenvalue weighted by Gasteiger charge is 2.22. The fraction of sp³-hybridized carbons (Fsp3) is 0.462. The third-order valence-corrected chi connectivity index (χ3v) is 3.42. The zero-order valence-corrected chi connectivity index (χ0v) is 10.8. The number of phenols is 3. The summed E-state index contributed by atoms with van der Waals surface area (Å²) in [7, 11) is 1.76.